The third-order valence-corrected chi connectivity index (χ3v) is 6.36. The molecule has 2 heterocycles. The van der Waals surface area contributed by atoms with Crippen LogP contribution in [0.15, 0.2) is 42.5 Å². The first-order chi connectivity index (χ1) is 14.8. The number of fused-ring (bicyclic) bond motifs is 1. The molecule has 3 aromatic rings. The van der Waals surface area contributed by atoms with E-state index >= 15 is 0 Å². The molecule has 1 fully saturated rings. The first-order valence-corrected chi connectivity index (χ1v) is 10.5. The Morgan fingerprint density at radius 1 is 1.16 bits per heavy atom. The van der Waals surface area contributed by atoms with Crippen molar-refractivity contribution in [1.82, 2.24) is 18.5 Å². The molecule has 0 aliphatic carbocycles. The van der Waals surface area contributed by atoms with E-state index in [1.165, 1.54) is 7.05 Å². The number of benzene rings is 2. The SMILES string of the molecule is COc1ccc(C2(CC(=O)N(C)Cc3ccc4nsnc4c3)CC(=O)N(C)C2=O)cc1. The topological polar surface area (TPSA) is 92.7 Å². The van der Waals surface area contributed by atoms with E-state index in [1.54, 1.807) is 43.3 Å². The number of imide groups is 1. The van der Waals surface area contributed by atoms with Gasteiger partial charge in [-0.2, -0.15) is 8.75 Å². The number of rotatable bonds is 6. The zero-order valence-electron chi connectivity index (χ0n) is 17.5. The molecule has 3 amide bonds. The number of carbonyl (C=O) groups excluding carboxylic acids is 3. The summed E-state index contributed by atoms with van der Waals surface area (Å²) in [7, 11) is 4.71. The van der Waals surface area contributed by atoms with Gasteiger partial charge in [-0.25, -0.2) is 0 Å². The number of methoxy groups -OCH3 is 1. The van der Waals surface area contributed by atoms with Gasteiger partial charge in [-0.15, -0.1) is 0 Å². The van der Waals surface area contributed by atoms with Crippen molar-refractivity contribution in [1.29, 1.82) is 0 Å². The average Bonchev–Trinajstić information content (AvgIpc) is 3.32. The molecule has 2 aromatic carbocycles. The molecule has 4 rings (SSSR count). The summed E-state index contributed by atoms with van der Waals surface area (Å²) in [5, 5.41) is 0. The Hall–Kier alpha value is -3.33. The summed E-state index contributed by atoms with van der Waals surface area (Å²) >= 11 is 1.14. The van der Waals surface area contributed by atoms with Gasteiger partial charge in [-0.1, -0.05) is 18.2 Å². The molecule has 1 atom stereocenters. The van der Waals surface area contributed by atoms with Crippen molar-refractivity contribution in [2.75, 3.05) is 21.2 Å². The van der Waals surface area contributed by atoms with Crippen LogP contribution < -0.4 is 4.74 Å². The summed E-state index contributed by atoms with van der Waals surface area (Å²) in [6.45, 7) is 0.364. The lowest BCUT2D eigenvalue weighted by Crippen LogP contribution is -2.41. The van der Waals surface area contributed by atoms with Gasteiger partial charge >= 0.3 is 0 Å². The zero-order chi connectivity index (χ0) is 22.2. The summed E-state index contributed by atoms with van der Waals surface area (Å²) < 4.78 is 13.6. The second kappa shape index (κ2) is 8.07. The maximum atomic E-state index is 13.2. The molecule has 1 unspecified atom stereocenters. The molecule has 1 aliphatic rings. The molecule has 1 aromatic heterocycles. The van der Waals surface area contributed by atoms with Gasteiger partial charge in [-0.3, -0.25) is 19.3 Å². The summed E-state index contributed by atoms with van der Waals surface area (Å²) in [5.74, 6) is -0.236. The van der Waals surface area contributed by atoms with Crippen LogP contribution in [-0.2, 0) is 26.3 Å². The fraction of sp³-hybridized carbons (Fsp3) is 0.318. The number of aromatic nitrogens is 2. The number of amides is 3. The molecule has 8 nitrogen and oxygen atoms in total. The van der Waals surface area contributed by atoms with Gasteiger partial charge in [0, 0.05) is 33.5 Å². The lowest BCUT2D eigenvalue weighted by molar-refractivity contribution is -0.141. The van der Waals surface area contributed by atoms with E-state index in [2.05, 4.69) is 8.75 Å². The van der Waals surface area contributed by atoms with Crippen LogP contribution in [0.4, 0.5) is 0 Å². The molecular formula is C22H22N4O4S. The maximum Gasteiger partial charge on any atom is 0.240 e. The van der Waals surface area contributed by atoms with Crippen molar-refractivity contribution >= 4 is 40.5 Å². The normalized spacial score (nSPS) is 18.6. The molecule has 0 spiro atoms. The molecule has 0 radical (unpaired) electrons. The molecule has 160 valence electrons. The summed E-state index contributed by atoms with van der Waals surface area (Å²) in [6.07, 6.45) is -0.129. The Morgan fingerprint density at radius 3 is 2.52 bits per heavy atom. The molecule has 0 N–H and O–H groups in total. The smallest absolute Gasteiger partial charge is 0.240 e. The van der Waals surface area contributed by atoms with Crippen LogP contribution in [0.5, 0.6) is 5.75 Å². The molecular weight excluding hydrogens is 416 g/mol. The van der Waals surface area contributed by atoms with E-state index in [0.29, 0.717) is 17.9 Å². The molecule has 0 saturated carbocycles. The van der Waals surface area contributed by atoms with Crippen molar-refractivity contribution in [3.05, 3.63) is 53.6 Å². The molecule has 31 heavy (non-hydrogen) atoms. The van der Waals surface area contributed by atoms with Gasteiger partial charge in [0.25, 0.3) is 0 Å². The van der Waals surface area contributed by atoms with Crippen LogP contribution in [0.2, 0.25) is 0 Å². The van der Waals surface area contributed by atoms with Crippen LogP contribution in [0, 0.1) is 0 Å². The predicted molar refractivity (Wildman–Crippen MR) is 116 cm³/mol. The van der Waals surface area contributed by atoms with E-state index in [-0.39, 0.29) is 30.6 Å². The second-order valence-corrected chi connectivity index (χ2v) is 8.29. The highest BCUT2D eigenvalue weighted by Crippen LogP contribution is 2.40. The minimum Gasteiger partial charge on any atom is -0.497 e. The van der Waals surface area contributed by atoms with Gasteiger partial charge in [0.1, 0.15) is 16.8 Å². The van der Waals surface area contributed by atoms with Gasteiger partial charge < -0.3 is 9.64 Å². The Bertz CT molecular complexity index is 1160. The number of hydrogen-bond acceptors (Lipinski definition) is 7. The second-order valence-electron chi connectivity index (χ2n) is 7.76. The average molecular weight is 439 g/mol. The predicted octanol–water partition coefficient (Wildman–Crippen LogP) is 2.38. The fourth-order valence-corrected chi connectivity index (χ4v) is 4.46. The number of carbonyl (C=O) groups is 3. The van der Waals surface area contributed by atoms with Gasteiger partial charge in [0.2, 0.25) is 17.7 Å². The number of hydrogen-bond donors (Lipinski definition) is 0. The standard InChI is InChI=1S/C22H22N4O4S/c1-25(13-14-4-9-17-18(10-14)24-31-23-17)19(27)11-22(12-20(28)26(2)21(22)29)15-5-7-16(30-3)8-6-15/h4-10H,11-13H2,1-3H3. The highest BCUT2D eigenvalue weighted by Gasteiger charge is 2.52. The summed E-state index contributed by atoms with van der Waals surface area (Å²) in [6, 6.07) is 12.7. The molecule has 0 bridgehead atoms. The van der Waals surface area contributed by atoms with E-state index in [4.69, 9.17) is 4.74 Å². The lowest BCUT2D eigenvalue weighted by atomic mass is 9.75. The van der Waals surface area contributed by atoms with E-state index in [0.717, 1.165) is 33.2 Å². The first kappa shape index (κ1) is 20.9. The highest BCUT2D eigenvalue weighted by atomic mass is 32.1. The minimum atomic E-state index is -1.22. The van der Waals surface area contributed by atoms with E-state index < -0.39 is 5.41 Å². The van der Waals surface area contributed by atoms with E-state index in [1.807, 2.05) is 18.2 Å². The van der Waals surface area contributed by atoms with Crippen LogP contribution >= 0.6 is 11.7 Å². The third kappa shape index (κ3) is 3.76. The Morgan fingerprint density at radius 2 is 1.87 bits per heavy atom. The van der Waals surface area contributed by atoms with Crippen LogP contribution in [0.25, 0.3) is 11.0 Å². The van der Waals surface area contributed by atoms with Crippen molar-refractivity contribution in [2.45, 2.75) is 24.8 Å². The first-order valence-electron chi connectivity index (χ1n) is 9.75. The Kier molecular flexibility index (Phi) is 5.45. The van der Waals surface area contributed by atoms with Crippen molar-refractivity contribution < 1.29 is 19.1 Å². The minimum absolute atomic E-state index is 0.0370. The molecule has 1 aliphatic heterocycles. The van der Waals surface area contributed by atoms with Crippen LogP contribution in [0.1, 0.15) is 24.0 Å². The van der Waals surface area contributed by atoms with Gasteiger partial charge in [-0.05, 0) is 35.4 Å². The van der Waals surface area contributed by atoms with Crippen molar-refractivity contribution in [3.63, 3.8) is 0 Å². The number of likely N-dealkylation sites (tertiary alicyclic amines) is 1. The van der Waals surface area contributed by atoms with Crippen molar-refractivity contribution in [2.24, 2.45) is 0 Å². The van der Waals surface area contributed by atoms with Crippen LogP contribution in [-0.4, -0.2) is 57.5 Å². The zero-order valence-corrected chi connectivity index (χ0v) is 18.3. The number of likely N-dealkylation sites (N-methyl/N-ethyl adjacent to an activating group) is 1. The molecule has 1 saturated heterocycles. The highest BCUT2D eigenvalue weighted by molar-refractivity contribution is 7.00. The van der Waals surface area contributed by atoms with Gasteiger partial charge in [0.05, 0.1) is 24.3 Å². The monoisotopic (exact) mass is 438 g/mol. The largest absolute Gasteiger partial charge is 0.497 e. The molecule has 9 heteroatoms. The summed E-state index contributed by atoms with van der Waals surface area (Å²) in [4.78, 5) is 41.4. The number of ether oxygens (including phenoxy) is 1. The Balaban J connectivity index is 1.59. The lowest BCUT2D eigenvalue weighted by Gasteiger charge is -2.29. The fourth-order valence-electron chi connectivity index (χ4n) is 3.94. The van der Waals surface area contributed by atoms with Gasteiger partial charge in [0.15, 0.2) is 0 Å². The van der Waals surface area contributed by atoms with Crippen molar-refractivity contribution in [3.8, 4) is 5.75 Å². The van der Waals surface area contributed by atoms with Crippen LogP contribution in [0.3, 0.4) is 0 Å². The number of nitrogens with zero attached hydrogens (tertiary/aromatic N) is 4. The third-order valence-electron chi connectivity index (χ3n) is 5.80. The summed E-state index contributed by atoms with van der Waals surface area (Å²) in [5.41, 5.74) is 1.94. The van der Waals surface area contributed by atoms with E-state index in [9.17, 15) is 14.4 Å². The Labute approximate surface area is 183 Å². The quantitative estimate of drug-likeness (QED) is 0.549. The maximum absolute atomic E-state index is 13.2.